The predicted molar refractivity (Wildman–Crippen MR) is 101 cm³/mol. The first kappa shape index (κ1) is 18.1. The molecule has 2 aromatic rings. The fraction of sp³-hybridized carbons (Fsp3) is 0.381. The van der Waals surface area contributed by atoms with Gasteiger partial charge in [0.05, 0.1) is 6.42 Å². The Kier molecular flexibility index (Phi) is 7.34. The van der Waals surface area contributed by atoms with E-state index in [1.807, 2.05) is 30.3 Å². The molecule has 128 valence electrons. The van der Waals surface area contributed by atoms with E-state index in [9.17, 15) is 4.79 Å². The fourth-order valence-electron chi connectivity index (χ4n) is 2.62. The van der Waals surface area contributed by atoms with Gasteiger partial charge in [0.2, 0.25) is 5.91 Å². The van der Waals surface area contributed by atoms with Gasteiger partial charge in [-0.3, -0.25) is 4.79 Å². The summed E-state index contributed by atoms with van der Waals surface area (Å²) >= 11 is 0. The molecule has 0 heterocycles. The van der Waals surface area contributed by atoms with Crippen LogP contribution in [0.25, 0.3) is 0 Å². The number of benzene rings is 2. The first-order chi connectivity index (χ1) is 11.6. The third-order valence-corrected chi connectivity index (χ3v) is 3.81. The van der Waals surface area contributed by atoms with E-state index in [1.165, 1.54) is 5.56 Å². The summed E-state index contributed by atoms with van der Waals surface area (Å²) in [7, 11) is 0. The molecule has 0 atom stereocenters. The Bertz CT molecular complexity index is 605. The second kappa shape index (κ2) is 9.76. The summed E-state index contributed by atoms with van der Waals surface area (Å²) in [5.41, 5.74) is 3.52. The molecule has 0 fully saturated rings. The highest BCUT2D eigenvalue weighted by molar-refractivity contribution is 5.78. The standard InChI is InChI=1S/C21H28N2O/c1-17(2)15-18-9-11-19(12-10-18)16-21(24)23-14-6-13-22-20-7-4-3-5-8-20/h3-5,7-12,17,22H,6,13-16H2,1-2H3,(H,23,24). The maximum Gasteiger partial charge on any atom is 0.224 e. The highest BCUT2D eigenvalue weighted by Gasteiger charge is 2.04. The number of hydrogen-bond donors (Lipinski definition) is 2. The fourth-order valence-corrected chi connectivity index (χ4v) is 2.62. The zero-order valence-electron chi connectivity index (χ0n) is 14.7. The van der Waals surface area contributed by atoms with Crippen molar-refractivity contribution in [1.82, 2.24) is 5.32 Å². The monoisotopic (exact) mass is 324 g/mol. The molecule has 24 heavy (non-hydrogen) atoms. The van der Waals surface area contributed by atoms with Crippen molar-refractivity contribution in [3.8, 4) is 0 Å². The summed E-state index contributed by atoms with van der Waals surface area (Å²) in [6.07, 6.45) is 2.45. The van der Waals surface area contributed by atoms with Crippen molar-refractivity contribution >= 4 is 11.6 Å². The molecule has 0 spiro atoms. The molecule has 3 heteroatoms. The molecule has 0 unspecified atom stereocenters. The molecular weight excluding hydrogens is 296 g/mol. The molecule has 2 N–H and O–H groups in total. The van der Waals surface area contributed by atoms with Gasteiger partial charge in [-0.2, -0.15) is 0 Å². The molecule has 0 aliphatic rings. The normalized spacial score (nSPS) is 10.6. The minimum Gasteiger partial charge on any atom is -0.385 e. The number of carbonyl (C=O) groups is 1. The van der Waals surface area contributed by atoms with Crippen LogP contribution in [-0.2, 0) is 17.6 Å². The van der Waals surface area contributed by atoms with Crippen LogP contribution in [0.3, 0.4) is 0 Å². The highest BCUT2D eigenvalue weighted by Crippen LogP contribution is 2.10. The Hall–Kier alpha value is -2.29. The molecule has 0 aliphatic heterocycles. The van der Waals surface area contributed by atoms with Crippen molar-refractivity contribution in [3.63, 3.8) is 0 Å². The van der Waals surface area contributed by atoms with Crippen molar-refractivity contribution in [2.75, 3.05) is 18.4 Å². The molecule has 0 saturated heterocycles. The Labute approximate surface area is 145 Å². The van der Waals surface area contributed by atoms with Gasteiger partial charge in [0.25, 0.3) is 0 Å². The summed E-state index contributed by atoms with van der Waals surface area (Å²) in [6.45, 7) is 5.99. The molecule has 0 radical (unpaired) electrons. The summed E-state index contributed by atoms with van der Waals surface area (Å²) in [6, 6.07) is 18.5. The third-order valence-electron chi connectivity index (χ3n) is 3.81. The molecule has 0 aromatic heterocycles. The van der Waals surface area contributed by atoms with Crippen LogP contribution in [0.5, 0.6) is 0 Å². The largest absolute Gasteiger partial charge is 0.385 e. The van der Waals surface area contributed by atoms with E-state index in [0.29, 0.717) is 18.9 Å². The predicted octanol–water partition coefficient (Wildman–Crippen LogP) is 4.05. The molecule has 1 amide bonds. The number of hydrogen-bond acceptors (Lipinski definition) is 2. The number of para-hydroxylation sites is 1. The van der Waals surface area contributed by atoms with Gasteiger partial charge >= 0.3 is 0 Å². The second-order valence-corrected chi connectivity index (χ2v) is 6.59. The average Bonchev–Trinajstić information content (AvgIpc) is 2.57. The maximum absolute atomic E-state index is 12.0. The first-order valence-electron chi connectivity index (χ1n) is 8.77. The van der Waals surface area contributed by atoms with Gasteiger partial charge in [-0.05, 0) is 42.0 Å². The van der Waals surface area contributed by atoms with Crippen LogP contribution in [0.15, 0.2) is 54.6 Å². The van der Waals surface area contributed by atoms with E-state index >= 15 is 0 Å². The van der Waals surface area contributed by atoms with Crippen molar-refractivity contribution < 1.29 is 4.79 Å². The number of amides is 1. The topological polar surface area (TPSA) is 41.1 Å². The number of anilines is 1. The van der Waals surface area contributed by atoms with Crippen LogP contribution in [0.2, 0.25) is 0 Å². The minimum atomic E-state index is 0.0892. The average molecular weight is 324 g/mol. The Balaban J connectivity index is 1.62. The zero-order valence-corrected chi connectivity index (χ0v) is 14.7. The lowest BCUT2D eigenvalue weighted by molar-refractivity contribution is -0.120. The van der Waals surface area contributed by atoms with E-state index in [-0.39, 0.29) is 5.91 Å². The molecule has 3 nitrogen and oxygen atoms in total. The van der Waals surface area contributed by atoms with Gasteiger partial charge in [-0.15, -0.1) is 0 Å². The van der Waals surface area contributed by atoms with Crippen LogP contribution >= 0.6 is 0 Å². The van der Waals surface area contributed by atoms with Crippen LogP contribution < -0.4 is 10.6 Å². The molecule has 0 saturated carbocycles. The van der Waals surface area contributed by atoms with Crippen LogP contribution in [0.4, 0.5) is 5.69 Å². The Morgan fingerprint density at radius 3 is 2.25 bits per heavy atom. The third kappa shape index (κ3) is 6.86. The van der Waals surface area contributed by atoms with Crippen molar-refractivity contribution in [3.05, 3.63) is 65.7 Å². The number of carbonyl (C=O) groups excluding carboxylic acids is 1. The minimum absolute atomic E-state index is 0.0892. The molecule has 2 rings (SSSR count). The highest BCUT2D eigenvalue weighted by atomic mass is 16.1. The lowest BCUT2D eigenvalue weighted by Crippen LogP contribution is -2.27. The van der Waals surface area contributed by atoms with Gasteiger partial charge in [-0.1, -0.05) is 56.3 Å². The lowest BCUT2D eigenvalue weighted by Gasteiger charge is -2.08. The van der Waals surface area contributed by atoms with E-state index < -0.39 is 0 Å². The summed E-state index contributed by atoms with van der Waals surface area (Å²) in [4.78, 5) is 12.0. The first-order valence-corrected chi connectivity index (χ1v) is 8.77. The van der Waals surface area contributed by atoms with Crippen molar-refractivity contribution in [1.29, 1.82) is 0 Å². The summed E-state index contributed by atoms with van der Waals surface area (Å²) < 4.78 is 0. The smallest absolute Gasteiger partial charge is 0.224 e. The van der Waals surface area contributed by atoms with Gasteiger partial charge in [-0.25, -0.2) is 0 Å². The molecule has 2 aromatic carbocycles. The van der Waals surface area contributed by atoms with Gasteiger partial charge < -0.3 is 10.6 Å². The molecule has 0 aliphatic carbocycles. The van der Waals surface area contributed by atoms with Crippen molar-refractivity contribution in [2.45, 2.75) is 33.1 Å². The van der Waals surface area contributed by atoms with Gasteiger partial charge in [0, 0.05) is 18.8 Å². The van der Waals surface area contributed by atoms with Crippen molar-refractivity contribution in [2.24, 2.45) is 5.92 Å². The zero-order chi connectivity index (χ0) is 17.2. The number of nitrogens with one attached hydrogen (secondary N) is 2. The summed E-state index contributed by atoms with van der Waals surface area (Å²) in [5.74, 6) is 0.745. The van der Waals surface area contributed by atoms with Gasteiger partial charge in [0.15, 0.2) is 0 Å². The van der Waals surface area contributed by atoms with Crippen LogP contribution in [-0.4, -0.2) is 19.0 Å². The molecule has 0 bridgehead atoms. The van der Waals surface area contributed by atoms with Gasteiger partial charge in [0.1, 0.15) is 0 Å². The van der Waals surface area contributed by atoms with Crippen LogP contribution in [0, 0.1) is 5.92 Å². The van der Waals surface area contributed by atoms with E-state index in [2.05, 4.69) is 48.7 Å². The summed E-state index contributed by atoms with van der Waals surface area (Å²) in [5, 5.41) is 6.32. The quantitative estimate of drug-likeness (QED) is 0.683. The van der Waals surface area contributed by atoms with Crippen LogP contribution in [0.1, 0.15) is 31.4 Å². The van der Waals surface area contributed by atoms with E-state index in [4.69, 9.17) is 0 Å². The second-order valence-electron chi connectivity index (χ2n) is 6.59. The SMILES string of the molecule is CC(C)Cc1ccc(CC(=O)NCCCNc2ccccc2)cc1. The maximum atomic E-state index is 12.0. The van der Waals surface area contributed by atoms with E-state index in [0.717, 1.165) is 30.6 Å². The van der Waals surface area contributed by atoms with E-state index in [1.54, 1.807) is 0 Å². The number of rotatable bonds is 9. The molecular formula is C21H28N2O. The lowest BCUT2D eigenvalue weighted by atomic mass is 10.0. The Morgan fingerprint density at radius 1 is 0.917 bits per heavy atom. The Morgan fingerprint density at radius 2 is 1.58 bits per heavy atom.